The number of amides is 1. The minimum Gasteiger partial charge on any atom is -0.288 e. The molecule has 3 aliphatic rings. The van der Waals surface area contributed by atoms with Gasteiger partial charge in [0.1, 0.15) is 6.17 Å². The highest BCUT2D eigenvalue weighted by Gasteiger charge is 2.48. The summed E-state index contributed by atoms with van der Waals surface area (Å²) in [5.41, 5.74) is 11.6. The molecule has 9 nitrogen and oxygen atoms in total. The molecule has 1 aliphatic carbocycles. The molecular formula is C25H26N6O3. The van der Waals surface area contributed by atoms with E-state index in [1.807, 2.05) is 41.4 Å². The summed E-state index contributed by atoms with van der Waals surface area (Å²) in [6.07, 6.45) is 3.85. The molecule has 2 saturated heterocycles. The molecule has 34 heavy (non-hydrogen) atoms. The standard InChI is InChI=1S/C25H26N6O3/c1-15-8-11-20(16(2)12-15)22-14-21(17-9-10-19(13-17)31(33)34)26-24-23(25(32)29-30(22)24)28-27-18-6-4-3-5-7-18/h3-12,21-22,24,26-27H,13-14H2,1-2H3,(H,29,32). The second kappa shape index (κ2) is 8.85. The van der Waals surface area contributed by atoms with Crippen LogP contribution in [0.2, 0.25) is 0 Å². The zero-order chi connectivity index (χ0) is 23.8. The highest BCUT2D eigenvalue weighted by atomic mass is 16.6. The Labute approximate surface area is 197 Å². The Hall–Kier alpha value is -3.82. The van der Waals surface area contributed by atoms with E-state index >= 15 is 0 Å². The lowest BCUT2D eigenvalue weighted by molar-refractivity contribution is -0.426. The Morgan fingerprint density at radius 3 is 2.65 bits per heavy atom. The van der Waals surface area contributed by atoms with E-state index in [0.29, 0.717) is 12.1 Å². The van der Waals surface area contributed by atoms with Crippen LogP contribution >= 0.6 is 0 Å². The Morgan fingerprint density at radius 1 is 1.15 bits per heavy atom. The summed E-state index contributed by atoms with van der Waals surface area (Å²) < 4.78 is 0. The number of rotatable bonds is 5. The number of hydrogen-bond acceptors (Lipinski definition) is 7. The summed E-state index contributed by atoms with van der Waals surface area (Å²) in [6, 6.07) is 15.5. The number of benzene rings is 2. The van der Waals surface area contributed by atoms with Gasteiger partial charge in [-0.15, -0.1) is 0 Å². The number of para-hydroxylation sites is 1. The van der Waals surface area contributed by atoms with Crippen molar-refractivity contribution in [3.8, 4) is 0 Å². The van der Waals surface area contributed by atoms with Gasteiger partial charge in [-0.2, -0.15) is 10.1 Å². The Balaban J connectivity index is 1.48. The first kappa shape index (κ1) is 22.0. The SMILES string of the molecule is Cc1ccc(C2CC(C3=CC=C([N+](=O)[O-])C3)NC3C(=NNc4ccccc4)C(=O)NN32)c(C)c1. The van der Waals surface area contributed by atoms with Gasteiger partial charge in [0.25, 0.3) is 5.91 Å². The molecule has 2 fully saturated rings. The molecular weight excluding hydrogens is 432 g/mol. The van der Waals surface area contributed by atoms with E-state index < -0.39 is 6.17 Å². The van der Waals surface area contributed by atoms with Crippen molar-refractivity contribution in [3.63, 3.8) is 0 Å². The quantitative estimate of drug-likeness (QED) is 0.468. The predicted octanol–water partition coefficient (Wildman–Crippen LogP) is 3.34. The van der Waals surface area contributed by atoms with E-state index in [0.717, 1.165) is 22.4 Å². The van der Waals surface area contributed by atoms with Gasteiger partial charge in [0, 0.05) is 12.1 Å². The van der Waals surface area contributed by atoms with Crippen LogP contribution in [0, 0.1) is 24.0 Å². The molecule has 0 radical (unpaired) electrons. The summed E-state index contributed by atoms with van der Waals surface area (Å²) >= 11 is 0. The molecule has 9 heteroatoms. The lowest BCUT2D eigenvalue weighted by Gasteiger charge is -2.42. The first-order valence-corrected chi connectivity index (χ1v) is 11.3. The van der Waals surface area contributed by atoms with Gasteiger partial charge in [-0.25, -0.2) is 0 Å². The number of allylic oxidation sites excluding steroid dienone is 3. The van der Waals surface area contributed by atoms with Crippen LogP contribution in [-0.4, -0.2) is 33.8 Å². The number of fused-ring (bicyclic) bond motifs is 1. The molecule has 2 heterocycles. The monoisotopic (exact) mass is 458 g/mol. The number of hydrazine groups is 1. The van der Waals surface area contributed by atoms with Crippen molar-refractivity contribution in [3.05, 3.63) is 98.8 Å². The minimum atomic E-state index is -0.492. The average molecular weight is 459 g/mol. The third-order valence-corrected chi connectivity index (χ3v) is 6.57. The van der Waals surface area contributed by atoms with Gasteiger partial charge in [0.2, 0.25) is 5.70 Å². The number of aryl methyl sites for hydroxylation is 2. The topological polar surface area (TPSA) is 112 Å². The third-order valence-electron chi connectivity index (χ3n) is 6.57. The van der Waals surface area contributed by atoms with Crippen molar-refractivity contribution in [2.75, 3.05) is 5.43 Å². The molecule has 174 valence electrons. The lowest BCUT2D eigenvalue weighted by atomic mass is 9.88. The van der Waals surface area contributed by atoms with Crippen molar-refractivity contribution >= 4 is 17.3 Å². The maximum absolute atomic E-state index is 13.0. The molecule has 5 rings (SSSR count). The zero-order valence-electron chi connectivity index (χ0n) is 19.0. The Kier molecular flexibility index (Phi) is 5.72. The number of nitrogens with zero attached hydrogens (tertiary/aromatic N) is 3. The van der Waals surface area contributed by atoms with E-state index in [1.165, 1.54) is 5.56 Å². The predicted molar refractivity (Wildman–Crippen MR) is 129 cm³/mol. The van der Waals surface area contributed by atoms with E-state index in [-0.39, 0.29) is 35.0 Å². The van der Waals surface area contributed by atoms with Crippen molar-refractivity contribution in [2.45, 2.75) is 44.9 Å². The summed E-state index contributed by atoms with van der Waals surface area (Å²) in [7, 11) is 0. The Morgan fingerprint density at radius 2 is 1.94 bits per heavy atom. The van der Waals surface area contributed by atoms with Gasteiger partial charge in [0.05, 0.1) is 23.1 Å². The molecule has 0 saturated carbocycles. The summed E-state index contributed by atoms with van der Waals surface area (Å²) in [5, 5.41) is 21.1. The average Bonchev–Trinajstić information content (AvgIpc) is 3.43. The van der Waals surface area contributed by atoms with Gasteiger partial charge >= 0.3 is 0 Å². The highest BCUT2D eigenvalue weighted by molar-refractivity contribution is 6.42. The van der Waals surface area contributed by atoms with Crippen LogP contribution in [0.1, 0.15) is 35.6 Å². The molecule has 2 aromatic carbocycles. The molecule has 2 aliphatic heterocycles. The van der Waals surface area contributed by atoms with Crippen molar-refractivity contribution in [2.24, 2.45) is 5.10 Å². The second-order valence-corrected chi connectivity index (χ2v) is 8.89. The maximum Gasteiger partial charge on any atom is 0.285 e. The van der Waals surface area contributed by atoms with Gasteiger partial charge in [-0.1, -0.05) is 48.0 Å². The molecule has 0 aromatic heterocycles. The van der Waals surface area contributed by atoms with Crippen molar-refractivity contribution in [1.82, 2.24) is 15.8 Å². The number of carbonyl (C=O) groups excluding carboxylic acids is 1. The van der Waals surface area contributed by atoms with Gasteiger partial charge in [0.15, 0.2) is 5.71 Å². The lowest BCUT2D eigenvalue weighted by Crippen LogP contribution is -2.59. The number of nitrogens with one attached hydrogen (secondary N) is 3. The smallest absolute Gasteiger partial charge is 0.285 e. The zero-order valence-corrected chi connectivity index (χ0v) is 19.0. The molecule has 3 unspecified atom stereocenters. The largest absolute Gasteiger partial charge is 0.288 e. The van der Waals surface area contributed by atoms with Crippen LogP contribution in [0.25, 0.3) is 0 Å². The molecule has 3 N–H and O–H groups in total. The first-order chi connectivity index (χ1) is 16.4. The van der Waals surface area contributed by atoms with Crippen LogP contribution in [0.3, 0.4) is 0 Å². The van der Waals surface area contributed by atoms with E-state index in [2.05, 4.69) is 53.3 Å². The molecule has 0 bridgehead atoms. The van der Waals surface area contributed by atoms with Gasteiger partial charge in [-0.3, -0.25) is 31.1 Å². The summed E-state index contributed by atoms with van der Waals surface area (Å²) in [4.78, 5) is 23.9. The highest BCUT2D eigenvalue weighted by Crippen LogP contribution is 2.38. The van der Waals surface area contributed by atoms with Gasteiger partial charge < -0.3 is 0 Å². The van der Waals surface area contributed by atoms with Gasteiger partial charge in [-0.05, 0) is 49.1 Å². The second-order valence-electron chi connectivity index (χ2n) is 8.89. The summed E-state index contributed by atoms with van der Waals surface area (Å²) in [6.45, 7) is 4.12. The minimum absolute atomic E-state index is 0.120. The fourth-order valence-electron chi connectivity index (χ4n) is 4.89. The molecule has 3 atom stereocenters. The first-order valence-electron chi connectivity index (χ1n) is 11.3. The van der Waals surface area contributed by atoms with E-state index in [9.17, 15) is 14.9 Å². The van der Waals surface area contributed by atoms with Crippen molar-refractivity contribution in [1.29, 1.82) is 0 Å². The third kappa shape index (κ3) is 4.11. The van der Waals surface area contributed by atoms with Crippen molar-refractivity contribution < 1.29 is 9.72 Å². The summed E-state index contributed by atoms with van der Waals surface area (Å²) in [5.74, 6) is -0.277. The number of anilines is 1. The number of hydrogen-bond donors (Lipinski definition) is 3. The van der Waals surface area contributed by atoms with Crippen LogP contribution in [0.4, 0.5) is 5.69 Å². The Bertz CT molecular complexity index is 1240. The molecule has 1 amide bonds. The van der Waals surface area contributed by atoms with Crippen LogP contribution in [-0.2, 0) is 4.79 Å². The van der Waals surface area contributed by atoms with Crippen LogP contribution in [0.15, 0.2) is 77.1 Å². The molecule has 2 aromatic rings. The normalized spacial score (nSPS) is 25.5. The van der Waals surface area contributed by atoms with E-state index in [4.69, 9.17) is 0 Å². The van der Waals surface area contributed by atoms with Crippen LogP contribution < -0.4 is 16.2 Å². The van der Waals surface area contributed by atoms with E-state index in [1.54, 1.807) is 6.08 Å². The maximum atomic E-state index is 13.0. The molecule has 0 spiro atoms. The number of hydrazone groups is 1. The number of carbonyl (C=O) groups is 1. The fourth-order valence-corrected chi connectivity index (χ4v) is 4.89. The number of nitro groups is 1. The van der Waals surface area contributed by atoms with Crippen LogP contribution in [0.5, 0.6) is 0 Å². The fraction of sp³-hybridized carbons (Fsp3) is 0.280.